The summed E-state index contributed by atoms with van der Waals surface area (Å²) in [6.07, 6.45) is 2.84. The maximum atomic E-state index is 5.75. The van der Waals surface area contributed by atoms with Crippen molar-refractivity contribution in [3.63, 3.8) is 0 Å². The number of rotatable bonds is 5. The fourth-order valence-electron chi connectivity index (χ4n) is 3.03. The van der Waals surface area contributed by atoms with Crippen LogP contribution in [0.15, 0.2) is 47.5 Å². The minimum Gasteiger partial charge on any atom is -0.490 e. The lowest BCUT2D eigenvalue weighted by Gasteiger charge is -2.13. The van der Waals surface area contributed by atoms with Gasteiger partial charge in [-0.2, -0.15) is 0 Å². The van der Waals surface area contributed by atoms with Crippen LogP contribution < -0.4 is 20.1 Å². The maximum absolute atomic E-state index is 5.75. The van der Waals surface area contributed by atoms with Crippen molar-refractivity contribution in [3.8, 4) is 11.5 Å². The number of aliphatic imine (C=N–C) groups is 1. The number of fused-ring (bicyclic) bond motifs is 2. The van der Waals surface area contributed by atoms with Crippen LogP contribution in [-0.2, 0) is 6.42 Å². The topological polar surface area (TPSA) is 67.8 Å². The number of para-hydroxylation sites is 1. The first kappa shape index (κ1) is 21.6. The van der Waals surface area contributed by atoms with Gasteiger partial charge >= 0.3 is 0 Å². The molecule has 4 rings (SSSR count). The van der Waals surface area contributed by atoms with E-state index in [2.05, 4.69) is 38.8 Å². The summed E-state index contributed by atoms with van der Waals surface area (Å²) >= 11 is 1.77. The Morgan fingerprint density at radius 3 is 2.79 bits per heavy atom. The maximum Gasteiger partial charge on any atom is 0.195 e. The highest BCUT2D eigenvalue weighted by molar-refractivity contribution is 14.0. The lowest BCUT2D eigenvalue weighted by Crippen LogP contribution is -2.31. The molecule has 1 aliphatic rings. The zero-order valence-electron chi connectivity index (χ0n) is 16.3. The number of hydrogen-bond acceptors (Lipinski definition) is 5. The van der Waals surface area contributed by atoms with E-state index in [1.54, 1.807) is 18.4 Å². The lowest BCUT2D eigenvalue weighted by molar-refractivity contribution is 0.297. The Labute approximate surface area is 191 Å². The zero-order chi connectivity index (χ0) is 19.2. The van der Waals surface area contributed by atoms with Gasteiger partial charge in [0.15, 0.2) is 17.5 Å². The average molecular weight is 524 g/mol. The van der Waals surface area contributed by atoms with E-state index in [4.69, 9.17) is 9.47 Å². The Bertz CT molecular complexity index is 943. The molecule has 29 heavy (non-hydrogen) atoms. The largest absolute Gasteiger partial charge is 0.490 e. The van der Waals surface area contributed by atoms with Crippen LogP contribution in [-0.4, -0.2) is 37.7 Å². The number of thiazole rings is 1. The summed E-state index contributed by atoms with van der Waals surface area (Å²) < 4.78 is 12.7. The van der Waals surface area contributed by atoms with Crippen molar-refractivity contribution in [2.75, 3.05) is 32.1 Å². The number of nitrogens with one attached hydrogen (secondary N) is 2. The molecule has 2 aromatic carbocycles. The molecule has 0 atom stereocenters. The van der Waals surface area contributed by atoms with Crippen LogP contribution in [0, 0.1) is 0 Å². The number of nitrogens with zero attached hydrogens (tertiary/aromatic N) is 2. The predicted octanol–water partition coefficient (Wildman–Crippen LogP) is 4.70. The summed E-state index contributed by atoms with van der Waals surface area (Å²) in [6.45, 7) is 2.19. The van der Waals surface area contributed by atoms with Gasteiger partial charge in [0, 0.05) is 38.2 Å². The SMILES string of the molecule is CN=C(NCCCc1nc2ccccc2s1)Nc1ccc2c(c1)OCCCO2.I. The number of halogens is 1. The van der Waals surface area contributed by atoms with Crippen LogP contribution in [0.4, 0.5) is 5.69 Å². The Morgan fingerprint density at radius 1 is 1.14 bits per heavy atom. The number of benzene rings is 2. The number of aromatic nitrogens is 1. The summed E-state index contributed by atoms with van der Waals surface area (Å²) in [4.78, 5) is 8.99. The van der Waals surface area contributed by atoms with Crippen molar-refractivity contribution >= 4 is 57.2 Å². The van der Waals surface area contributed by atoms with Gasteiger partial charge in [-0.3, -0.25) is 4.99 Å². The van der Waals surface area contributed by atoms with Gasteiger partial charge in [0.25, 0.3) is 0 Å². The summed E-state index contributed by atoms with van der Waals surface area (Å²) in [6, 6.07) is 14.1. The molecule has 1 aromatic heterocycles. The standard InChI is InChI=1S/C21H24N4O2S.HI/c1-22-21(24-15-9-10-17-18(14-15)27-13-5-12-26-17)23-11-4-8-20-25-16-6-2-3-7-19(16)28-20;/h2-3,6-7,9-10,14H,4-5,8,11-13H2,1H3,(H2,22,23,24);1H. The molecule has 0 spiro atoms. The highest BCUT2D eigenvalue weighted by Gasteiger charge is 2.11. The second kappa shape index (κ2) is 10.6. The van der Waals surface area contributed by atoms with E-state index in [0.717, 1.165) is 54.5 Å². The third-order valence-corrected chi connectivity index (χ3v) is 5.53. The van der Waals surface area contributed by atoms with E-state index in [1.807, 2.05) is 24.3 Å². The zero-order valence-corrected chi connectivity index (χ0v) is 19.5. The number of anilines is 1. The molecule has 0 fully saturated rings. The summed E-state index contributed by atoms with van der Waals surface area (Å²) in [7, 11) is 1.77. The van der Waals surface area contributed by atoms with Crippen molar-refractivity contribution in [2.45, 2.75) is 19.3 Å². The van der Waals surface area contributed by atoms with Crippen molar-refractivity contribution in [2.24, 2.45) is 4.99 Å². The molecule has 0 unspecified atom stereocenters. The quantitative estimate of drug-likeness (QED) is 0.219. The molecule has 0 aliphatic carbocycles. The van der Waals surface area contributed by atoms with E-state index < -0.39 is 0 Å². The third-order valence-electron chi connectivity index (χ3n) is 4.43. The molecule has 0 saturated carbocycles. The molecule has 0 amide bonds. The van der Waals surface area contributed by atoms with E-state index in [-0.39, 0.29) is 24.0 Å². The first-order valence-corrected chi connectivity index (χ1v) is 10.4. The molecule has 154 valence electrons. The first-order valence-electron chi connectivity index (χ1n) is 9.53. The molecule has 0 radical (unpaired) electrons. The monoisotopic (exact) mass is 524 g/mol. The fraction of sp³-hybridized carbons (Fsp3) is 0.333. The lowest BCUT2D eigenvalue weighted by atomic mass is 10.2. The highest BCUT2D eigenvalue weighted by atomic mass is 127. The van der Waals surface area contributed by atoms with Gasteiger partial charge < -0.3 is 20.1 Å². The minimum atomic E-state index is 0. The van der Waals surface area contributed by atoms with Gasteiger partial charge in [0.2, 0.25) is 0 Å². The smallest absolute Gasteiger partial charge is 0.195 e. The van der Waals surface area contributed by atoms with Gasteiger partial charge in [-0.15, -0.1) is 35.3 Å². The summed E-state index contributed by atoms with van der Waals surface area (Å²) in [5, 5.41) is 7.84. The van der Waals surface area contributed by atoms with Gasteiger partial charge in [-0.05, 0) is 30.7 Å². The molecule has 1 aliphatic heterocycles. The highest BCUT2D eigenvalue weighted by Crippen LogP contribution is 2.32. The van der Waals surface area contributed by atoms with Crippen molar-refractivity contribution in [1.29, 1.82) is 0 Å². The Hall–Kier alpha value is -2.07. The van der Waals surface area contributed by atoms with Crippen molar-refractivity contribution in [1.82, 2.24) is 10.3 Å². The van der Waals surface area contributed by atoms with Gasteiger partial charge in [0.05, 0.1) is 28.4 Å². The molecular weight excluding hydrogens is 499 g/mol. The summed E-state index contributed by atoms with van der Waals surface area (Å²) in [5.41, 5.74) is 2.01. The number of aryl methyl sites for hydroxylation is 1. The molecule has 2 N–H and O–H groups in total. The van der Waals surface area contributed by atoms with Crippen LogP contribution in [0.5, 0.6) is 11.5 Å². The Balaban J connectivity index is 0.00000240. The predicted molar refractivity (Wildman–Crippen MR) is 130 cm³/mol. The Kier molecular flexibility index (Phi) is 7.93. The van der Waals surface area contributed by atoms with Gasteiger partial charge in [0.1, 0.15) is 0 Å². The van der Waals surface area contributed by atoms with E-state index in [0.29, 0.717) is 13.2 Å². The average Bonchev–Trinajstić information content (AvgIpc) is 2.99. The van der Waals surface area contributed by atoms with Gasteiger partial charge in [-0.1, -0.05) is 12.1 Å². The summed E-state index contributed by atoms with van der Waals surface area (Å²) in [5.74, 6) is 2.30. The van der Waals surface area contributed by atoms with E-state index >= 15 is 0 Å². The second-order valence-corrected chi connectivity index (χ2v) is 7.63. The molecule has 6 nitrogen and oxygen atoms in total. The van der Waals surface area contributed by atoms with Crippen LogP contribution in [0.3, 0.4) is 0 Å². The molecule has 0 bridgehead atoms. The van der Waals surface area contributed by atoms with Crippen LogP contribution in [0.25, 0.3) is 10.2 Å². The minimum absolute atomic E-state index is 0. The number of hydrogen-bond donors (Lipinski definition) is 2. The first-order chi connectivity index (χ1) is 13.8. The molecule has 8 heteroatoms. The molecule has 3 aromatic rings. The molecule has 0 saturated heterocycles. The number of ether oxygens (including phenoxy) is 2. The van der Waals surface area contributed by atoms with Crippen molar-refractivity contribution < 1.29 is 9.47 Å². The van der Waals surface area contributed by atoms with E-state index in [1.165, 1.54) is 9.71 Å². The Morgan fingerprint density at radius 2 is 1.97 bits per heavy atom. The fourth-order valence-corrected chi connectivity index (χ4v) is 4.04. The van der Waals surface area contributed by atoms with Crippen LogP contribution >= 0.6 is 35.3 Å². The third kappa shape index (κ3) is 5.72. The van der Waals surface area contributed by atoms with Crippen LogP contribution in [0.1, 0.15) is 17.8 Å². The number of guanidine groups is 1. The normalized spacial score (nSPS) is 13.5. The molecular formula is C21H25IN4O2S. The van der Waals surface area contributed by atoms with E-state index in [9.17, 15) is 0 Å². The van der Waals surface area contributed by atoms with Gasteiger partial charge in [-0.25, -0.2) is 4.98 Å². The second-order valence-electron chi connectivity index (χ2n) is 6.51. The van der Waals surface area contributed by atoms with Crippen molar-refractivity contribution in [3.05, 3.63) is 47.5 Å². The van der Waals surface area contributed by atoms with Crippen LogP contribution in [0.2, 0.25) is 0 Å². The molecule has 2 heterocycles.